The molecule has 0 radical (unpaired) electrons. The molecule has 8 heteroatoms. The number of amides is 1. The van der Waals surface area contributed by atoms with Gasteiger partial charge in [0.05, 0.1) is 16.8 Å². The number of nitrogens with zero attached hydrogens (tertiary/aromatic N) is 3. The van der Waals surface area contributed by atoms with E-state index in [9.17, 15) is 4.79 Å². The molecule has 25 heavy (non-hydrogen) atoms. The minimum Gasteiger partial charge on any atom is -0.365 e. The molecule has 1 aliphatic carbocycles. The minimum atomic E-state index is -0.453. The van der Waals surface area contributed by atoms with Gasteiger partial charge in [0.15, 0.2) is 0 Å². The molecular formula is C17H24ClN5OS. The average molecular weight is 382 g/mol. The highest BCUT2D eigenvalue weighted by Crippen LogP contribution is 2.45. The van der Waals surface area contributed by atoms with Crippen LogP contribution in [0.5, 0.6) is 0 Å². The van der Waals surface area contributed by atoms with E-state index in [1.54, 1.807) is 10.9 Å². The highest BCUT2D eigenvalue weighted by atomic mass is 35.5. The molecule has 1 aliphatic rings. The van der Waals surface area contributed by atoms with Gasteiger partial charge in [0.1, 0.15) is 4.34 Å². The minimum absolute atomic E-state index is 0.0549. The Morgan fingerprint density at radius 2 is 2.16 bits per heavy atom. The summed E-state index contributed by atoms with van der Waals surface area (Å²) < 4.78 is 2.20. The van der Waals surface area contributed by atoms with Crippen molar-refractivity contribution in [2.24, 2.45) is 24.4 Å². The third-order valence-electron chi connectivity index (χ3n) is 5.13. The Morgan fingerprint density at radius 3 is 2.72 bits per heavy atom. The monoisotopic (exact) mass is 381 g/mol. The van der Waals surface area contributed by atoms with Crippen LogP contribution in [-0.4, -0.2) is 27.4 Å². The van der Waals surface area contributed by atoms with Crippen LogP contribution < -0.4 is 11.5 Å². The maximum Gasteiger partial charge on any atom is 0.259 e. The largest absolute Gasteiger partial charge is 0.365 e. The van der Waals surface area contributed by atoms with Crippen molar-refractivity contribution in [1.82, 2.24) is 15.0 Å². The lowest BCUT2D eigenvalue weighted by Crippen LogP contribution is -2.21. The first-order valence-electron chi connectivity index (χ1n) is 8.70. The zero-order chi connectivity index (χ0) is 18.0. The second-order valence-electron chi connectivity index (χ2n) is 6.77. The first kappa shape index (κ1) is 18.4. The van der Waals surface area contributed by atoms with E-state index in [-0.39, 0.29) is 5.92 Å². The van der Waals surface area contributed by atoms with Crippen molar-refractivity contribution in [3.8, 4) is 11.3 Å². The van der Waals surface area contributed by atoms with Crippen LogP contribution in [0.3, 0.4) is 0 Å². The van der Waals surface area contributed by atoms with E-state index < -0.39 is 5.91 Å². The normalized spacial score (nSPS) is 16.9. The van der Waals surface area contributed by atoms with Crippen molar-refractivity contribution >= 4 is 28.8 Å². The summed E-state index contributed by atoms with van der Waals surface area (Å²) in [5.41, 5.74) is 14.2. The molecule has 1 saturated carbocycles. The van der Waals surface area contributed by atoms with E-state index in [0.717, 1.165) is 23.2 Å². The molecule has 1 fully saturated rings. The number of carbonyl (C=O) groups excluding carboxylic acids is 1. The molecule has 1 amide bonds. The second kappa shape index (κ2) is 7.85. The van der Waals surface area contributed by atoms with E-state index in [1.165, 1.54) is 43.4 Å². The number of hydrogen-bond acceptors (Lipinski definition) is 5. The topological polar surface area (TPSA) is 99.8 Å². The van der Waals surface area contributed by atoms with Gasteiger partial charge in [-0.2, -0.15) is 0 Å². The molecule has 2 aromatic rings. The van der Waals surface area contributed by atoms with Crippen LogP contribution in [0.4, 0.5) is 0 Å². The van der Waals surface area contributed by atoms with Gasteiger partial charge >= 0.3 is 0 Å². The van der Waals surface area contributed by atoms with Gasteiger partial charge in [0, 0.05) is 12.6 Å². The fourth-order valence-corrected chi connectivity index (χ4v) is 5.30. The number of aromatic nitrogens is 3. The molecular weight excluding hydrogens is 358 g/mol. The lowest BCUT2D eigenvalue weighted by molar-refractivity contribution is 0.100. The molecule has 0 spiro atoms. The van der Waals surface area contributed by atoms with Crippen LogP contribution in [0.1, 0.15) is 59.7 Å². The maximum absolute atomic E-state index is 12.0. The number of nitrogens with two attached hydrogens (primary N) is 2. The van der Waals surface area contributed by atoms with Crippen LogP contribution in [-0.2, 0) is 7.05 Å². The van der Waals surface area contributed by atoms with Crippen LogP contribution in [0, 0.1) is 5.92 Å². The van der Waals surface area contributed by atoms with Crippen molar-refractivity contribution in [2.45, 2.75) is 44.4 Å². The molecule has 2 heterocycles. The summed E-state index contributed by atoms with van der Waals surface area (Å²) in [7, 11) is 1.81. The smallest absolute Gasteiger partial charge is 0.259 e. The highest BCUT2D eigenvalue weighted by Gasteiger charge is 2.30. The summed E-state index contributed by atoms with van der Waals surface area (Å²) in [4.78, 5) is 12.6. The second-order valence-corrected chi connectivity index (χ2v) is 8.40. The predicted octanol–water partition coefficient (Wildman–Crippen LogP) is 3.31. The summed E-state index contributed by atoms with van der Waals surface area (Å²) >= 11 is 7.73. The lowest BCUT2D eigenvalue weighted by Gasteiger charge is -2.27. The first-order valence-corrected chi connectivity index (χ1v) is 9.89. The summed E-state index contributed by atoms with van der Waals surface area (Å²) in [6.45, 7) is 0.460. The van der Waals surface area contributed by atoms with E-state index in [4.69, 9.17) is 23.1 Å². The van der Waals surface area contributed by atoms with Crippen LogP contribution in [0.15, 0.2) is 6.20 Å². The zero-order valence-corrected chi connectivity index (χ0v) is 15.9. The summed E-state index contributed by atoms with van der Waals surface area (Å²) in [6, 6.07) is 0. The van der Waals surface area contributed by atoms with E-state index in [0.29, 0.717) is 21.7 Å². The predicted molar refractivity (Wildman–Crippen MR) is 101 cm³/mol. The summed E-state index contributed by atoms with van der Waals surface area (Å²) in [5, 5.41) is 7.94. The third kappa shape index (κ3) is 3.73. The van der Waals surface area contributed by atoms with Gasteiger partial charge < -0.3 is 11.5 Å². The van der Waals surface area contributed by atoms with Crippen LogP contribution >= 0.6 is 22.9 Å². The molecule has 4 N–H and O–H groups in total. The van der Waals surface area contributed by atoms with Gasteiger partial charge in [0.2, 0.25) is 0 Å². The number of carbonyl (C=O) groups is 1. The zero-order valence-electron chi connectivity index (χ0n) is 14.4. The Bertz CT molecular complexity index is 750. The molecule has 0 aliphatic heterocycles. The maximum atomic E-state index is 12.0. The number of halogens is 1. The molecule has 0 unspecified atom stereocenters. The fraction of sp³-hybridized carbons (Fsp3) is 0.588. The van der Waals surface area contributed by atoms with Crippen molar-refractivity contribution in [1.29, 1.82) is 0 Å². The highest BCUT2D eigenvalue weighted by molar-refractivity contribution is 7.18. The van der Waals surface area contributed by atoms with Crippen molar-refractivity contribution in [3.63, 3.8) is 0 Å². The first-order chi connectivity index (χ1) is 12.0. The number of thiophene rings is 1. The Morgan fingerprint density at radius 1 is 1.44 bits per heavy atom. The number of primary amides is 1. The van der Waals surface area contributed by atoms with E-state index in [1.807, 2.05) is 7.05 Å². The van der Waals surface area contributed by atoms with Gasteiger partial charge in [0.25, 0.3) is 5.91 Å². The van der Waals surface area contributed by atoms with Gasteiger partial charge in [-0.1, -0.05) is 48.9 Å². The van der Waals surface area contributed by atoms with Gasteiger partial charge in [-0.15, -0.1) is 16.4 Å². The standard InChI is InChI=1S/C17H24ClN5OS/c1-23-12(9-21-22-23)14-13(15(17(20)24)25-16(14)18)11(8-19)7-10-5-3-2-4-6-10/h9-11H,2-8,19H2,1H3,(H2,20,24)/t11-/m1/s1. The van der Waals surface area contributed by atoms with Crippen LogP contribution in [0.2, 0.25) is 4.34 Å². The molecule has 2 aromatic heterocycles. The summed E-state index contributed by atoms with van der Waals surface area (Å²) in [5.74, 6) is 0.240. The number of rotatable bonds is 6. The quantitative estimate of drug-likeness (QED) is 0.801. The third-order valence-corrected chi connectivity index (χ3v) is 6.56. The SMILES string of the molecule is Cn1nncc1-c1c(Cl)sc(C(N)=O)c1[C@@H](CN)CC1CCCCC1. The Hall–Kier alpha value is -1.44. The molecule has 3 rings (SSSR count). The van der Waals surface area contributed by atoms with Gasteiger partial charge in [-0.05, 0) is 30.4 Å². The average Bonchev–Trinajstić information content (AvgIpc) is 3.16. The Kier molecular flexibility index (Phi) is 5.76. The fourth-order valence-electron chi connectivity index (χ4n) is 3.90. The molecule has 0 saturated heterocycles. The molecule has 6 nitrogen and oxygen atoms in total. The lowest BCUT2D eigenvalue weighted by atomic mass is 9.79. The van der Waals surface area contributed by atoms with Gasteiger partial charge in [-0.25, -0.2) is 4.68 Å². The molecule has 1 atom stereocenters. The number of hydrogen-bond donors (Lipinski definition) is 2. The van der Waals surface area contributed by atoms with Crippen molar-refractivity contribution < 1.29 is 4.79 Å². The molecule has 136 valence electrons. The van der Waals surface area contributed by atoms with Crippen LogP contribution in [0.25, 0.3) is 11.3 Å². The van der Waals surface area contributed by atoms with Gasteiger partial charge in [-0.3, -0.25) is 4.79 Å². The van der Waals surface area contributed by atoms with E-state index in [2.05, 4.69) is 10.3 Å². The van der Waals surface area contributed by atoms with Crippen molar-refractivity contribution in [3.05, 3.63) is 21.0 Å². The summed E-state index contributed by atoms with van der Waals surface area (Å²) in [6.07, 6.45) is 8.93. The Balaban J connectivity index is 2.05. The Labute approximate surface area is 156 Å². The van der Waals surface area contributed by atoms with Crippen molar-refractivity contribution in [2.75, 3.05) is 6.54 Å². The van der Waals surface area contributed by atoms with E-state index >= 15 is 0 Å². The molecule has 0 bridgehead atoms. The molecule has 0 aromatic carbocycles. The number of aryl methyl sites for hydroxylation is 1.